The van der Waals surface area contributed by atoms with E-state index in [1.165, 1.54) is 0 Å². The Labute approximate surface area is 144 Å². The maximum Gasteiger partial charge on any atom is 0.234 e. The molecule has 5 heteroatoms. The molecule has 2 atom stereocenters. The van der Waals surface area contributed by atoms with Crippen LogP contribution in [0.5, 0.6) is 0 Å². The van der Waals surface area contributed by atoms with Crippen LogP contribution in [-0.2, 0) is 16.1 Å². The quantitative estimate of drug-likeness (QED) is 0.896. The lowest BCUT2D eigenvalue weighted by atomic mass is 10.0. The first-order valence-electron chi connectivity index (χ1n) is 8.97. The molecule has 0 aliphatic carbocycles. The molecule has 0 spiro atoms. The van der Waals surface area contributed by atoms with Gasteiger partial charge in [0.15, 0.2) is 0 Å². The van der Waals surface area contributed by atoms with Gasteiger partial charge in [0.05, 0.1) is 6.54 Å². The largest absolute Gasteiger partial charge is 0.351 e. The molecule has 2 aliphatic heterocycles. The number of carbonyl (C=O) groups excluding carboxylic acids is 2. The van der Waals surface area contributed by atoms with Crippen molar-refractivity contribution in [2.75, 3.05) is 19.6 Å². The van der Waals surface area contributed by atoms with Crippen LogP contribution in [0.2, 0.25) is 0 Å². The Morgan fingerprint density at radius 3 is 2.54 bits per heavy atom. The summed E-state index contributed by atoms with van der Waals surface area (Å²) in [5, 5.41) is 3.01. The number of likely N-dealkylation sites (tertiary alicyclic amines) is 2. The predicted octanol–water partition coefficient (Wildman–Crippen LogP) is 1.78. The first-order chi connectivity index (χ1) is 11.6. The molecule has 1 N–H and O–H groups in total. The molecule has 5 nitrogen and oxygen atoms in total. The Hall–Kier alpha value is -1.88. The molecule has 1 aromatic rings. The highest BCUT2D eigenvalue weighted by Gasteiger charge is 2.39. The van der Waals surface area contributed by atoms with Crippen molar-refractivity contribution in [1.82, 2.24) is 15.1 Å². The highest BCUT2D eigenvalue weighted by Crippen LogP contribution is 2.29. The van der Waals surface area contributed by atoms with Gasteiger partial charge in [-0.25, -0.2) is 0 Å². The van der Waals surface area contributed by atoms with E-state index in [0.717, 1.165) is 44.3 Å². The summed E-state index contributed by atoms with van der Waals surface area (Å²) in [6.07, 6.45) is 4.33. The molecule has 2 saturated heterocycles. The van der Waals surface area contributed by atoms with E-state index in [1.54, 1.807) is 6.92 Å². The van der Waals surface area contributed by atoms with E-state index >= 15 is 0 Å². The predicted molar refractivity (Wildman–Crippen MR) is 93.3 cm³/mol. The number of benzene rings is 1. The van der Waals surface area contributed by atoms with Gasteiger partial charge in [0, 0.05) is 32.1 Å². The minimum absolute atomic E-state index is 0.0677. The first-order valence-corrected chi connectivity index (χ1v) is 8.97. The highest BCUT2D eigenvalue weighted by atomic mass is 16.2. The fourth-order valence-electron chi connectivity index (χ4n) is 4.10. The summed E-state index contributed by atoms with van der Waals surface area (Å²) in [4.78, 5) is 28.4. The van der Waals surface area contributed by atoms with Gasteiger partial charge >= 0.3 is 0 Å². The van der Waals surface area contributed by atoms with Crippen molar-refractivity contribution in [3.8, 4) is 0 Å². The maximum absolute atomic E-state index is 12.3. The Kier molecular flexibility index (Phi) is 5.51. The minimum Gasteiger partial charge on any atom is -0.351 e. The number of carbonyl (C=O) groups is 2. The van der Waals surface area contributed by atoms with Gasteiger partial charge in [0.1, 0.15) is 0 Å². The van der Waals surface area contributed by atoms with Crippen molar-refractivity contribution >= 4 is 11.8 Å². The summed E-state index contributed by atoms with van der Waals surface area (Å²) >= 11 is 0. The third kappa shape index (κ3) is 3.96. The molecule has 2 amide bonds. The number of nitrogens with one attached hydrogen (secondary N) is 1. The smallest absolute Gasteiger partial charge is 0.234 e. The summed E-state index contributed by atoms with van der Waals surface area (Å²) in [7, 11) is 0. The van der Waals surface area contributed by atoms with E-state index in [9.17, 15) is 9.59 Å². The average molecular weight is 329 g/mol. The molecule has 2 heterocycles. The average Bonchev–Trinajstić information content (AvgIpc) is 3.22. The van der Waals surface area contributed by atoms with Crippen molar-refractivity contribution in [1.29, 1.82) is 0 Å². The second-order valence-electron chi connectivity index (χ2n) is 6.86. The van der Waals surface area contributed by atoms with E-state index in [-0.39, 0.29) is 17.9 Å². The fraction of sp³-hybridized carbons (Fsp3) is 0.579. The van der Waals surface area contributed by atoms with Crippen LogP contribution in [0.15, 0.2) is 30.3 Å². The van der Waals surface area contributed by atoms with Gasteiger partial charge in [-0.3, -0.25) is 14.5 Å². The molecule has 0 aromatic heterocycles. The zero-order valence-corrected chi connectivity index (χ0v) is 14.4. The van der Waals surface area contributed by atoms with Gasteiger partial charge in [0.2, 0.25) is 11.8 Å². The SMILES string of the molecule is CC(=O)N1CCCC1C1CCCN1CC(=O)NCc1ccccc1. The number of nitrogens with zero attached hydrogens (tertiary/aromatic N) is 2. The Bertz CT molecular complexity index is 575. The summed E-state index contributed by atoms with van der Waals surface area (Å²) in [6.45, 7) is 4.47. The van der Waals surface area contributed by atoms with E-state index < -0.39 is 0 Å². The van der Waals surface area contributed by atoms with Crippen LogP contribution >= 0.6 is 0 Å². The van der Waals surface area contributed by atoms with Crippen LogP contribution in [0.1, 0.15) is 38.2 Å². The maximum atomic E-state index is 12.3. The van der Waals surface area contributed by atoms with Gasteiger partial charge in [-0.15, -0.1) is 0 Å². The molecule has 0 radical (unpaired) electrons. The van der Waals surface area contributed by atoms with Crippen LogP contribution in [0.3, 0.4) is 0 Å². The van der Waals surface area contributed by atoms with E-state index in [1.807, 2.05) is 35.2 Å². The summed E-state index contributed by atoms with van der Waals surface area (Å²) in [6, 6.07) is 10.6. The zero-order valence-electron chi connectivity index (χ0n) is 14.4. The lowest BCUT2D eigenvalue weighted by Crippen LogP contribution is -2.50. The summed E-state index contributed by atoms with van der Waals surface area (Å²) in [5.41, 5.74) is 1.11. The molecule has 2 unspecified atom stereocenters. The number of rotatable bonds is 5. The van der Waals surface area contributed by atoms with Gasteiger partial charge in [-0.05, 0) is 37.8 Å². The van der Waals surface area contributed by atoms with Gasteiger partial charge in [0.25, 0.3) is 0 Å². The third-order valence-corrected chi connectivity index (χ3v) is 5.24. The molecule has 24 heavy (non-hydrogen) atoms. The second kappa shape index (κ2) is 7.79. The molecular formula is C19H27N3O2. The van der Waals surface area contributed by atoms with Crippen LogP contribution in [0, 0.1) is 0 Å². The lowest BCUT2D eigenvalue weighted by Gasteiger charge is -2.34. The topological polar surface area (TPSA) is 52.7 Å². The second-order valence-corrected chi connectivity index (χ2v) is 6.86. The van der Waals surface area contributed by atoms with E-state index in [4.69, 9.17) is 0 Å². The van der Waals surface area contributed by atoms with Crippen LogP contribution in [0.25, 0.3) is 0 Å². The van der Waals surface area contributed by atoms with Crippen LogP contribution in [-0.4, -0.2) is 53.3 Å². The summed E-state index contributed by atoms with van der Waals surface area (Å²) in [5.74, 6) is 0.232. The molecule has 130 valence electrons. The molecule has 3 rings (SSSR count). The molecule has 2 fully saturated rings. The van der Waals surface area contributed by atoms with Crippen molar-refractivity contribution in [3.05, 3.63) is 35.9 Å². The number of amides is 2. The third-order valence-electron chi connectivity index (χ3n) is 5.24. The van der Waals surface area contributed by atoms with Crippen LogP contribution < -0.4 is 5.32 Å². The van der Waals surface area contributed by atoms with Crippen molar-refractivity contribution < 1.29 is 9.59 Å². The zero-order chi connectivity index (χ0) is 16.9. The Morgan fingerprint density at radius 1 is 1.08 bits per heavy atom. The number of hydrogen-bond donors (Lipinski definition) is 1. The fourth-order valence-corrected chi connectivity index (χ4v) is 4.10. The van der Waals surface area contributed by atoms with Gasteiger partial charge in [-0.2, -0.15) is 0 Å². The van der Waals surface area contributed by atoms with E-state index in [0.29, 0.717) is 19.1 Å². The Morgan fingerprint density at radius 2 is 1.79 bits per heavy atom. The lowest BCUT2D eigenvalue weighted by molar-refractivity contribution is -0.130. The standard InChI is InChI=1S/C19H27N3O2/c1-15(23)22-12-6-10-18(22)17-9-5-11-21(17)14-19(24)20-13-16-7-3-2-4-8-16/h2-4,7-8,17-18H,5-6,9-14H2,1H3,(H,20,24). The normalized spacial score (nSPS) is 24.3. The first kappa shape index (κ1) is 17.0. The molecule has 0 saturated carbocycles. The molecule has 2 aliphatic rings. The van der Waals surface area contributed by atoms with Crippen molar-refractivity contribution in [3.63, 3.8) is 0 Å². The van der Waals surface area contributed by atoms with Gasteiger partial charge in [-0.1, -0.05) is 30.3 Å². The van der Waals surface area contributed by atoms with Crippen LogP contribution in [0.4, 0.5) is 0 Å². The highest BCUT2D eigenvalue weighted by molar-refractivity contribution is 5.78. The number of hydrogen-bond acceptors (Lipinski definition) is 3. The Balaban J connectivity index is 1.54. The van der Waals surface area contributed by atoms with Gasteiger partial charge < -0.3 is 10.2 Å². The monoisotopic (exact) mass is 329 g/mol. The van der Waals surface area contributed by atoms with Crippen molar-refractivity contribution in [2.24, 2.45) is 0 Å². The summed E-state index contributed by atoms with van der Waals surface area (Å²) < 4.78 is 0. The minimum atomic E-state index is 0.0677. The molecular weight excluding hydrogens is 302 g/mol. The van der Waals surface area contributed by atoms with E-state index in [2.05, 4.69) is 10.2 Å². The molecule has 1 aromatic carbocycles. The molecule has 0 bridgehead atoms. The van der Waals surface area contributed by atoms with Crippen molar-refractivity contribution in [2.45, 2.75) is 51.2 Å².